The van der Waals surface area contributed by atoms with Crippen LogP contribution in [0.1, 0.15) is 40.6 Å². The van der Waals surface area contributed by atoms with Crippen LogP contribution in [0.5, 0.6) is 11.5 Å². The molecule has 0 aliphatic carbocycles. The molecule has 1 N–H and O–H groups in total. The van der Waals surface area contributed by atoms with E-state index in [0.29, 0.717) is 36.1 Å². The molecule has 4 rings (SSSR count). The monoisotopic (exact) mass is 437 g/mol. The first-order valence-electron chi connectivity index (χ1n) is 11.0. The standard InChI is InChI=1S/C28H27N3O2/c1-5-32-27-15-21(14-22(16-29)28-30-24-8-6-7-9-25(24)31-28)10-11-26(27)33-17-23-19(3)12-18(2)13-20(23)4/h6-15H,5,17H2,1-4H3,(H,30,31)/b22-14-. The molecule has 0 spiro atoms. The van der Waals surface area contributed by atoms with Crippen molar-refractivity contribution in [1.82, 2.24) is 9.97 Å². The fourth-order valence-electron chi connectivity index (χ4n) is 3.99. The number of nitriles is 1. The van der Waals surface area contributed by atoms with Gasteiger partial charge >= 0.3 is 0 Å². The topological polar surface area (TPSA) is 70.9 Å². The first kappa shape index (κ1) is 22.2. The largest absolute Gasteiger partial charge is 0.490 e. The number of imidazole rings is 1. The molecule has 3 aromatic carbocycles. The summed E-state index contributed by atoms with van der Waals surface area (Å²) in [5.41, 5.74) is 7.88. The van der Waals surface area contributed by atoms with Crippen molar-refractivity contribution >= 4 is 22.7 Å². The van der Waals surface area contributed by atoms with Gasteiger partial charge in [-0.2, -0.15) is 5.26 Å². The number of hydrogen-bond donors (Lipinski definition) is 1. The van der Waals surface area contributed by atoms with Gasteiger partial charge < -0.3 is 14.5 Å². The van der Waals surface area contributed by atoms with Gasteiger partial charge in [0.05, 0.1) is 23.2 Å². The number of para-hydroxylation sites is 2. The number of nitrogens with one attached hydrogen (secondary N) is 1. The first-order chi connectivity index (χ1) is 16.0. The Morgan fingerprint density at radius 1 is 1.00 bits per heavy atom. The molecule has 0 radical (unpaired) electrons. The summed E-state index contributed by atoms with van der Waals surface area (Å²) in [6.45, 7) is 9.24. The van der Waals surface area contributed by atoms with Crippen LogP contribution in [0.4, 0.5) is 0 Å². The summed E-state index contributed by atoms with van der Waals surface area (Å²) in [5, 5.41) is 9.74. The van der Waals surface area contributed by atoms with Gasteiger partial charge in [-0.3, -0.25) is 0 Å². The van der Waals surface area contributed by atoms with E-state index in [4.69, 9.17) is 9.47 Å². The number of fused-ring (bicyclic) bond motifs is 1. The lowest BCUT2D eigenvalue weighted by Crippen LogP contribution is -2.03. The zero-order valence-electron chi connectivity index (χ0n) is 19.4. The van der Waals surface area contributed by atoms with Crippen LogP contribution in [0.2, 0.25) is 0 Å². The molecule has 0 saturated carbocycles. The summed E-state index contributed by atoms with van der Waals surface area (Å²) in [6, 6.07) is 20.0. The van der Waals surface area contributed by atoms with Crippen molar-refractivity contribution in [3.05, 3.63) is 88.2 Å². The minimum atomic E-state index is 0.452. The summed E-state index contributed by atoms with van der Waals surface area (Å²) in [6.07, 6.45) is 1.80. The van der Waals surface area contributed by atoms with Gasteiger partial charge in [-0.1, -0.05) is 35.9 Å². The average Bonchev–Trinajstić information content (AvgIpc) is 3.22. The molecule has 0 saturated heterocycles. The number of aromatic amines is 1. The van der Waals surface area contributed by atoms with E-state index >= 15 is 0 Å². The number of aryl methyl sites for hydroxylation is 3. The van der Waals surface area contributed by atoms with Crippen LogP contribution in [-0.4, -0.2) is 16.6 Å². The predicted octanol–water partition coefficient (Wildman–Crippen LogP) is 6.53. The Morgan fingerprint density at radius 2 is 1.76 bits per heavy atom. The van der Waals surface area contributed by atoms with E-state index in [1.54, 1.807) is 6.08 Å². The fourth-order valence-corrected chi connectivity index (χ4v) is 3.99. The number of ether oxygens (including phenoxy) is 2. The molecule has 5 nitrogen and oxygen atoms in total. The van der Waals surface area contributed by atoms with E-state index in [9.17, 15) is 5.26 Å². The molecular weight excluding hydrogens is 410 g/mol. The molecule has 4 aromatic rings. The molecule has 1 heterocycles. The Balaban J connectivity index is 1.61. The van der Waals surface area contributed by atoms with E-state index in [-0.39, 0.29) is 0 Å². The molecular formula is C28H27N3O2. The van der Waals surface area contributed by atoms with E-state index in [1.165, 1.54) is 22.3 Å². The van der Waals surface area contributed by atoms with Gasteiger partial charge in [0.2, 0.25) is 0 Å². The first-order valence-corrected chi connectivity index (χ1v) is 11.0. The molecule has 0 atom stereocenters. The minimum Gasteiger partial charge on any atom is -0.490 e. The van der Waals surface area contributed by atoms with Crippen molar-refractivity contribution in [1.29, 1.82) is 5.26 Å². The maximum absolute atomic E-state index is 9.74. The van der Waals surface area contributed by atoms with Crippen LogP contribution in [0.25, 0.3) is 22.7 Å². The number of hydrogen-bond acceptors (Lipinski definition) is 4. The predicted molar refractivity (Wildman–Crippen MR) is 132 cm³/mol. The number of benzene rings is 3. The van der Waals surface area contributed by atoms with Crippen molar-refractivity contribution in [2.24, 2.45) is 0 Å². The highest BCUT2D eigenvalue weighted by Gasteiger charge is 2.12. The quantitative estimate of drug-likeness (QED) is 0.334. The number of rotatable bonds is 7. The Hall–Kier alpha value is -4.04. The Kier molecular flexibility index (Phi) is 6.46. The highest BCUT2D eigenvalue weighted by Crippen LogP contribution is 2.31. The van der Waals surface area contributed by atoms with Gasteiger partial charge in [-0.15, -0.1) is 0 Å². The summed E-state index contributed by atoms with van der Waals surface area (Å²) in [7, 11) is 0. The van der Waals surface area contributed by atoms with Gasteiger partial charge in [-0.25, -0.2) is 4.98 Å². The smallest absolute Gasteiger partial charge is 0.161 e. The van der Waals surface area contributed by atoms with Crippen LogP contribution in [0.3, 0.4) is 0 Å². The second kappa shape index (κ2) is 9.62. The van der Waals surface area contributed by atoms with Crippen LogP contribution in [-0.2, 0) is 6.61 Å². The normalized spacial score (nSPS) is 11.4. The van der Waals surface area contributed by atoms with E-state index in [2.05, 4.69) is 48.9 Å². The zero-order valence-corrected chi connectivity index (χ0v) is 19.4. The molecule has 0 aliphatic rings. The molecule has 5 heteroatoms. The Bertz CT molecular complexity index is 1320. The molecule has 0 bridgehead atoms. The summed E-state index contributed by atoms with van der Waals surface area (Å²) in [4.78, 5) is 7.75. The van der Waals surface area contributed by atoms with E-state index in [0.717, 1.165) is 16.6 Å². The van der Waals surface area contributed by atoms with Crippen molar-refractivity contribution in [2.45, 2.75) is 34.3 Å². The lowest BCUT2D eigenvalue weighted by Gasteiger charge is -2.15. The lowest BCUT2D eigenvalue weighted by atomic mass is 10.0. The Labute approximate surface area is 194 Å². The molecule has 1 aromatic heterocycles. The number of nitrogens with zero attached hydrogens (tertiary/aromatic N) is 2. The molecule has 0 unspecified atom stereocenters. The molecule has 0 aliphatic heterocycles. The molecule has 166 valence electrons. The SMILES string of the molecule is CCOc1cc(/C=C(/C#N)c2nc3ccccc3[nH]2)ccc1OCc1c(C)cc(C)cc1C. The maximum Gasteiger partial charge on any atom is 0.161 e. The van der Waals surface area contributed by atoms with Crippen LogP contribution >= 0.6 is 0 Å². The summed E-state index contributed by atoms with van der Waals surface area (Å²) >= 11 is 0. The Morgan fingerprint density at radius 3 is 2.45 bits per heavy atom. The third-order valence-electron chi connectivity index (χ3n) is 5.56. The molecule has 33 heavy (non-hydrogen) atoms. The van der Waals surface area contributed by atoms with Crippen LogP contribution in [0.15, 0.2) is 54.6 Å². The van der Waals surface area contributed by atoms with E-state index < -0.39 is 0 Å². The molecule has 0 amide bonds. The van der Waals surface area contributed by atoms with Crippen molar-refractivity contribution < 1.29 is 9.47 Å². The van der Waals surface area contributed by atoms with Gasteiger partial charge in [0.15, 0.2) is 11.5 Å². The van der Waals surface area contributed by atoms with Gasteiger partial charge in [0.1, 0.15) is 18.5 Å². The highest BCUT2D eigenvalue weighted by atomic mass is 16.5. The lowest BCUT2D eigenvalue weighted by molar-refractivity contribution is 0.268. The minimum absolute atomic E-state index is 0.452. The zero-order chi connectivity index (χ0) is 23.4. The second-order valence-electron chi connectivity index (χ2n) is 8.08. The van der Waals surface area contributed by atoms with Gasteiger partial charge in [-0.05, 0) is 80.3 Å². The number of H-pyrrole nitrogens is 1. The van der Waals surface area contributed by atoms with Gasteiger partial charge in [0.25, 0.3) is 0 Å². The summed E-state index contributed by atoms with van der Waals surface area (Å²) < 4.78 is 12.0. The van der Waals surface area contributed by atoms with Crippen LogP contribution in [0, 0.1) is 32.1 Å². The van der Waals surface area contributed by atoms with Crippen molar-refractivity contribution in [3.63, 3.8) is 0 Å². The molecule has 0 fully saturated rings. The number of allylic oxidation sites excluding steroid dienone is 1. The fraction of sp³-hybridized carbons (Fsp3) is 0.214. The highest BCUT2D eigenvalue weighted by molar-refractivity contribution is 5.90. The summed E-state index contributed by atoms with van der Waals surface area (Å²) in [5.74, 6) is 1.87. The maximum atomic E-state index is 9.74. The van der Waals surface area contributed by atoms with E-state index in [1.807, 2.05) is 49.4 Å². The third-order valence-corrected chi connectivity index (χ3v) is 5.56. The second-order valence-corrected chi connectivity index (χ2v) is 8.08. The van der Waals surface area contributed by atoms with Crippen molar-refractivity contribution in [2.75, 3.05) is 6.61 Å². The van der Waals surface area contributed by atoms with Crippen molar-refractivity contribution in [3.8, 4) is 17.6 Å². The third kappa shape index (κ3) is 4.91. The average molecular weight is 438 g/mol. The van der Waals surface area contributed by atoms with Crippen LogP contribution < -0.4 is 9.47 Å². The van der Waals surface area contributed by atoms with Gasteiger partial charge in [0, 0.05) is 0 Å². The number of aromatic nitrogens is 2.